The standard InChI is InChI=1S/C14H22N6/c1-2-8-20(12-5-3-11(15)4-6-12)13-14-18-17-10-19(14)9-7-16-13/h7,9-12H,2-6,8,15H2,1H3. The molecule has 1 fully saturated rings. The van der Waals surface area contributed by atoms with Gasteiger partial charge < -0.3 is 10.6 Å². The molecule has 0 spiro atoms. The van der Waals surface area contributed by atoms with E-state index < -0.39 is 0 Å². The SMILES string of the molecule is CCCN(c1nccn2cnnc12)C1CCC(N)CC1. The number of rotatable bonds is 4. The van der Waals surface area contributed by atoms with E-state index in [0.717, 1.165) is 50.1 Å². The molecule has 0 aromatic carbocycles. The third-order valence-corrected chi connectivity index (χ3v) is 4.12. The van der Waals surface area contributed by atoms with E-state index in [0.29, 0.717) is 12.1 Å². The molecule has 6 nitrogen and oxygen atoms in total. The molecule has 0 amide bonds. The zero-order chi connectivity index (χ0) is 13.9. The van der Waals surface area contributed by atoms with Crippen LogP contribution in [0.5, 0.6) is 0 Å². The summed E-state index contributed by atoms with van der Waals surface area (Å²) < 4.78 is 1.93. The van der Waals surface area contributed by atoms with Gasteiger partial charge in [-0.05, 0) is 32.1 Å². The van der Waals surface area contributed by atoms with Crippen LogP contribution in [0.1, 0.15) is 39.0 Å². The Morgan fingerprint density at radius 2 is 2.15 bits per heavy atom. The first-order chi connectivity index (χ1) is 9.79. The van der Waals surface area contributed by atoms with Crippen molar-refractivity contribution in [3.8, 4) is 0 Å². The van der Waals surface area contributed by atoms with Crippen molar-refractivity contribution in [2.24, 2.45) is 5.73 Å². The van der Waals surface area contributed by atoms with Crippen LogP contribution in [-0.2, 0) is 0 Å². The molecule has 0 aliphatic heterocycles. The number of aromatic nitrogens is 4. The maximum atomic E-state index is 6.02. The van der Waals surface area contributed by atoms with Crippen molar-refractivity contribution in [1.82, 2.24) is 19.6 Å². The highest BCUT2D eigenvalue weighted by molar-refractivity contribution is 5.63. The normalized spacial score (nSPS) is 23.1. The van der Waals surface area contributed by atoms with Gasteiger partial charge in [-0.3, -0.25) is 4.40 Å². The summed E-state index contributed by atoms with van der Waals surface area (Å²) in [6, 6.07) is 0.886. The summed E-state index contributed by atoms with van der Waals surface area (Å²) in [4.78, 5) is 6.96. The van der Waals surface area contributed by atoms with Gasteiger partial charge in [0.05, 0.1) is 0 Å². The van der Waals surface area contributed by atoms with Crippen molar-refractivity contribution < 1.29 is 0 Å². The Labute approximate surface area is 119 Å². The minimum absolute atomic E-state index is 0.367. The third-order valence-electron chi connectivity index (χ3n) is 4.12. The molecule has 1 aliphatic carbocycles. The van der Waals surface area contributed by atoms with Crippen LogP contribution in [0.3, 0.4) is 0 Å². The maximum Gasteiger partial charge on any atom is 0.203 e. The second-order valence-corrected chi connectivity index (χ2v) is 5.57. The number of nitrogens with zero attached hydrogens (tertiary/aromatic N) is 5. The minimum Gasteiger partial charge on any atom is -0.350 e. The van der Waals surface area contributed by atoms with Gasteiger partial charge in [-0.25, -0.2) is 4.98 Å². The highest BCUT2D eigenvalue weighted by Gasteiger charge is 2.26. The second-order valence-electron chi connectivity index (χ2n) is 5.57. The molecule has 2 aromatic heterocycles. The summed E-state index contributed by atoms with van der Waals surface area (Å²) in [6.07, 6.45) is 11.0. The lowest BCUT2D eigenvalue weighted by molar-refractivity contribution is 0.374. The molecule has 2 aromatic rings. The first-order valence-electron chi connectivity index (χ1n) is 7.46. The largest absolute Gasteiger partial charge is 0.350 e. The first kappa shape index (κ1) is 13.3. The molecular weight excluding hydrogens is 252 g/mol. The summed E-state index contributed by atoms with van der Waals surface area (Å²) in [6.45, 7) is 3.20. The quantitative estimate of drug-likeness (QED) is 0.917. The smallest absolute Gasteiger partial charge is 0.203 e. The number of hydrogen-bond acceptors (Lipinski definition) is 5. The van der Waals surface area contributed by atoms with Crippen molar-refractivity contribution >= 4 is 11.5 Å². The molecular formula is C14H22N6. The maximum absolute atomic E-state index is 6.02. The molecule has 1 aliphatic rings. The van der Waals surface area contributed by atoms with Crippen LogP contribution in [0.4, 0.5) is 5.82 Å². The molecule has 20 heavy (non-hydrogen) atoms. The summed E-state index contributed by atoms with van der Waals surface area (Å²) >= 11 is 0. The molecule has 2 N–H and O–H groups in total. The monoisotopic (exact) mass is 274 g/mol. The van der Waals surface area contributed by atoms with Crippen molar-refractivity contribution in [1.29, 1.82) is 0 Å². The summed E-state index contributed by atoms with van der Waals surface area (Å²) in [5.41, 5.74) is 6.87. The summed E-state index contributed by atoms with van der Waals surface area (Å²) in [5, 5.41) is 8.20. The van der Waals surface area contributed by atoms with Crippen LogP contribution in [0, 0.1) is 0 Å². The topological polar surface area (TPSA) is 72.3 Å². The van der Waals surface area contributed by atoms with Crippen LogP contribution in [0.25, 0.3) is 5.65 Å². The predicted octanol–water partition coefficient (Wildman–Crippen LogP) is 1.61. The van der Waals surface area contributed by atoms with Crippen molar-refractivity contribution in [2.75, 3.05) is 11.4 Å². The van der Waals surface area contributed by atoms with Gasteiger partial charge in [0.2, 0.25) is 5.65 Å². The van der Waals surface area contributed by atoms with E-state index in [1.54, 1.807) is 6.33 Å². The lowest BCUT2D eigenvalue weighted by atomic mass is 9.90. The van der Waals surface area contributed by atoms with Crippen LogP contribution >= 0.6 is 0 Å². The van der Waals surface area contributed by atoms with E-state index in [-0.39, 0.29) is 0 Å². The molecule has 108 valence electrons. The zero-order valence-corrected chi connectivity index (χ0v) is 11.9. The molecule has 6 heteroatoms. The molecule has 0 unspecified atom stereocenters. The minimum atomic E-state index is 0.367. The number of fused-ring (bicyclic) bond motifs is 1. The average Bonchev–Trinajstić information content (AvgIpc) is 2.94. The van der Waals surface area contributed by atoms with Crippen molar-refractivity contribution in [3.63, 3.8) is 0 Å². The van der Waals surface area contributed by atoms with E-state index in [4.69, 9.17) is 5.73 Å². The Kier molecular flexibility index (Phi) is 3.82. The fourth-order valence-electron chi connectivity index (χ4n) is 3.06. The van der Waals surface area contributed by atoms with Gasteiger partial charge in [-0.1, -0.05) is 6.92 Å². The van der Waals surface area contributed by atoms with E-state index in [1.165, 1.54) is 0 Å². The Morgan fingerprint density at radius 3 is 2.90 bits per heavy atom. The molecule has 0 bridgehead atoms. The van der Waals surface area contributed by atoms with Gasteiger partial charge in [0.15, 0.2) is 5.82 Å². The van der Waals surface area contributed by atoms with Crippen molar-refractivity contribution in [2.45, 2.75) is 51.1 Å². The number of hydrogen-bond donors (Lipinski definition) is 1. The number of anilines is 1. The van der Waals surface area contributed by atoms with Crippen LogP contribution < -0.4 is 10.6 Å². The Morgan fingerprint density at radius 1 is 1.35 bits per heavy atom. The van der Waals surface area contributed by atoms with Gasteiger partial charge in [0, 0.05) is 31.0 Å². The Hall–Kier alpha value is -1.69. The lowest BCUT2D eigenvalue weighted by Crippen LogP contribution is -2.42. The van der Waals surface area contributed by atoms with Crippen LogP contribution in [0.2, 0.25) is 0 Å². The van der Waals surface area contributed by atoms with Gasteiger partial charge >= 0.3 is 0 Å². The Bertz CT molecular complexity index is 558. The molecule has 0 atom stereocenters. The van der Waals surface area contributed by atoms with Crippen molar-refractivity contribution in [3.05, 3.63) is 18.7 Å². The van der Waals surface area contributed by atoms with Gasteiger partial charge in [-0.2, -0.15) is 0 Å². The van der Waals surface area contributed by atoms with Crippen LogP contribution in [0.15, 0.2) is 18.7 Å². The first-order valence-corrected chi connectivity index (χ1v) is 7.46. The van der Waals surface area contributed by atoms with Crippen LogP contribution in [-0.4, -0.2) is 38.2 Å². The number of nitrogens with two attached hydrogens (primary N) is 1. The average molecular weight is 274 g/mol. The van der Waals surface area contributed by atoms with Gasteiger partial charge in [-0.15, -0.1) is 10.2 Å². The van der Waals surface area contributed by atoms with Gasteiger partial charge in [0.25, 0.3) is 0 Å². The van der Waals surface area contributed by atoms with E-state index in [1.807, 2.05) is 16.8 Å². The zero-order valence-electron chi connectivity index (χ0n) is 11.9. The van der Waals surface area contributed by atoms with E-state index in [9.17, 15) is 0 Å². The highest BCUT2D eigenvalue weighted by atomic mass is 15.3. The molecule has 1 saturated carbocycles. The Balaban J connectivity index is 1.91. The fourth-order valence-corrected chi connectivity index (χ4v) is 3.06. The molecule has 3 rings (SSSR count). The summed E-state index contributed by atoms with van der Waals surface area (Å²) in [7, 11) is 0. The second kappa shape index (κ2) is 5.75. The van der Waals surface area contributed by atoms with E-state index in [2.05, 4.69) is 27.0 Å². The third kappa shape index (κ3) is 2.47. The molecule has 2 heterocycles. The molecule has 0 radical (unpaired) electrons. The highest BCUT2D eigenvalue weighted by Crippen LogP contribution is 2.27. The van der Waals surface area contributed by atoms with E-state index >= 15 is 0 Å². The lowest BCUT2D eigenvalue weighted by Gasteiger charge is -2.36. The molecule has 0 saturated heterocycles. The van der Waals surface area contributed by atoms with Gasteiger partial charge in [0.1, 0.15) is 6.33 Å². The summed E-state index contributed by atoms with van der Waals surface area (Å²) in [5.74, 6) is 0.951. The fraction of sp³-hybridized carbons (Fsp3) is 0.643. The predicted molar refractivity (Wildman–Crippen MR) is 78.7 cm³/mol.